The molecule has 0 bridgehead atoms. The molecule has 0 aliphatic heterocycles. The Kier molecular flexibility index (Phi) is 4.41. The summed E-state index contributed by atoms with van der Waals surface area (Å²) in [5.74, 6) is 0.536. The molecular weight excluding hydrogens is 292 g/mol. The van der Waals surface area contributed by atoms with E-state index in [1.807, 2.05) is 18.2 Å². The van der Waals surface area contributed by atoms with Crippen molar-refractivity contribution in [1.82, 2.24) is 10.1 Å². The molecule has 1 N–H and O–H groups in total. The highest BCUT2D eigenvalue weighted by atomic mass is 35.5. The lowest BCUT2D eigenvalue weighted by Gasteiger charge is -2.26. The third-order valence-electron chi connectivity index (χ3n) is 3.81. The summed E-state index contributed by atoms with van der Waals surface area (Å²) in [6, 6.07) is 7.29. The Morgan fingerprint density at radius 1 is 1.29 bits per heavy atom. The van der Waals surface area contributed by atoms with Crippen LogP contribution in [0, 0.1) is 5.92 Å². The molecule has 0 spiro atoms. The quantitative estimate of drug-likeness (QED) is 0.938. The first-order chi connectivity index (χ1) is 10.2. The SMILES string of the molecule is OC1CCCCC1COc1nc(-c2ccccc2Cl)no1. The van der Waals surface area contributed by atoms with Crippen molar-refractivity contribution < 1.29 is 14.4 Å². The minimum absolute atomic E-state index is 0.114. The molecule has 1 aromatic heterocycles. The van der Waals surface area contributed by atoms with Gasteiger partial charge < -0.3 is 9.84 Å². The van der Waals surface area contributed by atoms with Gasteiger partial charge in [-0.25, -0.2) is 0 Å². The maximum atomic E-state index is 9.90. The average Bonchev–Trinajstić information content (AvgIpc) is 2.96. The van der Waals surface area contributed by atoms with E-state index in [0.717, 1.165) is 25.7 Å². The molecule has 2 atom stereocenters. The molecule has 2 unspecified atom stereocenters. The number of benzene rings is 1. The van der Waals surface area contributed by atoms with Gasteiger partial charge in [0.25, 0.3) is 0 Å². The summed E-state index contributed by atoms with van der Waals surface area (Å²) in [4.78, 5) is 4.18. The second kappa shape index (κ2) is 6.45. The smallest absolute Gasteiger partial charge is 0.417 e. The van der Waals surface area contributed by atoms with Crippen LogP contribution in [0.1, 0.15) is 25.7 Å². The summed E-state index contributed by atoms with van der Waals surface area (Å²) in [5, 5.41) is 14.3. The summed E-state index contributed by atoms with van der Waals surface area (Å²) in [6.07, 6.45) is 3.82. The molecule has 21 heavy (non-hydrogen) atoms. The molecule has 1 fully saturated rings. The fraction of sp³-hybridized carbons (Fsp3) is 0.467. The summed E-state index contributed by atoms with van der Waals surface area (Å²) >= 11 is 6.09. The first-order valence-corrected chi connectivity index (χ1v) is 7.51. The highest BCUT2D eigenvalue weighted by Gasteiger charge is 2.24. The van der Waals surface area contributed by atoms with Gasteiger partial charge in [0.05, 0.1) is 17.7 Å². The summed E-state index contributed by atoms with van der Waals surface area (Å²) in [7, 11) is 0. The van der Waals surface area contributed by atoms with Crippen LogP contribution >= 0.6 is 11.6 Å². The normalized spacial score (nSPS) is 22.2. The molecule has 1 aliphatic rings. The summed E-state index contributed by atoms with van der Waals surface area (Å²) in [5.41, 5.74) is 0.704. The fourth-order valence-corrected chi connectivity index (χ4v) is 2.80. The average molecular weight is 309 g/mol. The van der Waals surface area contributed by atoms with Gasteiger partial charge in [-0.2, -0.15) is 4.98 Å². The molecule has 2 aromatic rings. The van der Waals surface area contributed by atoms with Gasteiger partial charge >= 0.3 is 6.08 Å². The van der Waals surface area contributed by atoms with Crippen molar-refractivity contribution >= 4 is 11.6 Å². The van der Waals surface area contributed by atoms with Gasteiger partial charge in [-0.3, -0.25) is 4.52 Å². The van der Waals surface area contributed by atoms with Gasteiger partial charge in [-0.05, 0) is 25.0 Å². The van der Waals surface area contributed by atoms with Gasteiger partial charge in [-0.1, -0.05) is 41.7 Å². The highest BCUT2D eigenvalue weighted by molar-refractivity contribution is 6.33. The Morgan fingerprint density at radius 3 is 2.90 bits per heavy atom. The Balaban J connectivity index is 1.64. The van der Waals surface area contributed by atoms with Crippen molar-refractivity contribution in [2.24, 2.45) is 5.92 Å². The minimum Gasteiger partial charge on any atom is -0.448 e. The molecule has 1 aliphatic carbocycles. The van der Waals surface area contributed by atoms with Crippen LogP contribution in [0.5, 0.6) is 6.08 Å². The molecule has 1 saturated carbocycles. The number of hydrogen-bond donors (Lipinski definition) is 1. The molecule has 0 amide bonds. The number of hydrogen-bond acceptors (Lipinski definition) is 5. The number of halogens is 1. The van der Waals surface area contributed by atoms with Crippen molar-refractivity contribution in [1.29, 1.82) is 0 Å². The van der Waals surface area contributed by atoms with Gasteiger partial charge in [0.1, 0.15) is 0 Å². The van der Waals surface area contributed by atoms with E-state index < -0.39 is 0 Å². The largest absolute Gasteiger partial charge is 0.448 e. The van der Waals surface area contributed by atoms with Crippen molar-refractivity contribution in [3.63, 3.8) is 0 Å². The lowest BCUT2D eigenvalue weighted by atomic mass is 9.87. The Labute approximate surface area is 127 Å². The lowest BCUT2D eigenvalue weighted by molar-refractivity contribution is 0.0331. The molecule has 5 nitrogen and oxygen atoms in total. The lowest BCUT2D eigenvalue weighted by Crippen LogP contribution is -2.29. The van der Waals surface area contributed by atoms with Crippen LogP contribution in [0.2, 0.25) is 5.02 Å². The van der Waals surface area contributed by atoms with E-state index in [9.17, 15) is 5.11 Å². The van der Waals surface area contributed by atoms with E-state index in [4.69, 9.17) is 20.9 Å². The zero-order chi connectivity index (χ0) is 14.7. The topological polar surface area (TPSA) is 68.4 Å². The number of aromatic nitrogens is 2. The predicted molar refractivity (Wildman–Crippen MR) is 78.2 cm³/mol. The number of ether oxygens (including phenoxy) is 1. The molecule has 112 valence electrons. The third-order valence-corrected chi connectivity index (χ3v) is 4.14. The second-order valence-corrected chi connectivity index (χ2v) is 5.69. The van der Waals surface area contributed by atoms with Crippen molar-refractivity contribution in [2.45, 2.75) is 31.8 Å². The predicted octanol–water partition coefficient (Wildman–Crippen LogP) is 3.32. The van der Waals surface area contributed by atoms with Crippen LogP contribution in [0.3, 0.4) is 0 Å². The van der Waals surface area contributed by atoms with E-state index in [-0.39, 0.29) is 18.1 Å². The van der Waals surface area contributed by atoms with E-state index in [1.165, 1.54) is 0 Å². The number of aliphatic hydroxyl groups is 1. The zero-order valence-corrected chi connectivity index (χ0v) is 12.3. The highest BCUT2D eigenvalue weighted by Crippen LogP contribution is 2.28. The summed E-state index contributed by atoms with van der Waals surface area (Å²) in [6.45, 7) is 0.394. The number of rotatable bonds is 4. The van der Waals surface area contributed by atoms with Crippen molar-refractivity contribution in [3.8, 4) is 17.5 Å². The molecule has 0 radical (unpaired) electrons. The summed E-state index contributed by atoms with van der Waals surface area (Å²) < 4.78 is 10.6. The van der Waals surface area contributed by atoms with Crippen LogP contribution in [0.15, 0.2) is 28.8 Å². The van der Waals surface area contributed by atoms with Crippen LogP contribution < -0.4 is 4.74 Å². The van der Waals surface area contributed by atoms with E-state index in [2.05, 4.69) is 10.1 Å². The van der Waals surface area contributed by atoms with E-state index in [0.29, 0.717) is 23.0 Å². The van der Waals surface area contributed by atoms with Crippen LogP contribution in [-0.2, 0) is 0 Å². The number of aliphatic hydroxyl groups excluding tert-OH is 1. The second-order valence-electron chi connectivity index (χ2n) is 5.29. The Bertz CT molecular complexity index is 602. The first kappa shape index (κ1) is 14.4. The minimum atomic E-state index is -0.301. The fourth-order valence-electron chi connectivity index (χ4n) is 2.58. The van der Waals surface area contributed by atoms with Gasteiger partial charge in [-0.15, -0.1) is 0 Å². The van der Waals surface area contributed by atoms with Crippen LogP contribution in [-0.4, -0.2) is 28.0 Å². The molecule has 1 aromatic carbocycles. The van der Waals surface area contributed by atoms with Crippen molar-refractivity contribution in [2.75, 3.05) is 6.61 Å². The van der Waals surface area contributed by atoms with E-state index >= 15 is 0 Å². The van der Waals surface area contributed by atoms with Gasteiger partial charge in [0.15, 0.2) is 0 Å². The first-order valence-electron chi connectivity index (χ1n) is 7.13. The maximum Gasteiger partial charge on any atom is 0.417 e. The van der Waals surface area contributed by atoms with Crippen LogP contribution in [0.25, 0.3) is 11.4 Å². The molecule has 3 rings (SSSR count). The maximum absolute atomic E-state index is 9.90. The third kappa shape index (κ3) is 3.36. The Hall–Kier alpha value is -1.59. The van der Waals surface area contributed by atoms with Crippen LogP contribution in [0.4, 0.5) is 0 Å². The van der Waals surface area contributed by atoms with Gasteiger partial charge in [0, 0.05) is 11.5 Å². The van der Waals surface area contributed by atoms with Gasteiger partial charge in [0.2, 0.25) is 5.82 Å². The van der Waals surface area contributed by atoms with Crippen molar-refractivity contribution in [3.05, 3.63) is 29.3 Å². The zero-order valence-electron chi connectivity index (χ0n) is 11.5. The monoisotopic (exact) mass is 308 g/mol. The van der Waals surface area contributed by atoms with E-state index in [1.54, 1.807) is 6.07 Å². The molecule has 1 heterocycles. The number of nitrogens with zero attached hydrogens (tertiary/aromatic N) is 2. The Morgan fingerprint density at radius 2 is 2.10 bits per heavy atom. The standard InChI is InChI=1S/C15H17ClN2O3/c16-12-7-3-2-6-11(12)14-17-15(21-18-14)20-9-10-5-1-4-8-13(10)19/h2-3,6-7,10,13,19H,1,4-5,8-9H2. The molecule has 6 heteroatoms. The molecule has 0 saturated heterocycles. The molecular formula is C15H17ClN2O3.